The zero-order valence-corrected chi connectivity index (χ0v) is 16.4. The minimum Gasteiger partial charge on any atom is -0.370 e. The van der Waals surface area contributed by atoms with E-state index in [1.807, 2.05) is 67.7 Å². The number of fused-ring (bicyclic) bond motifs is 1. The Balaban J connectivity index is 0. The molecule has 4 heteroatoms. The van der Waals surface area contributed by atoms with E-state index >= 15 is 0 Å². The van der Waals surface area contributed by atoms with Gasteiger partial charge in [-0.1, -0.05) is 55.4 Å². The minimum atomic E-state index is 0.738. The number of rotatable bonds is 1. The van der Waals surface area contributed by atoms with Crippen molar-refractivity contribution in [1.82, 2.24) is 15.0 Å². The van der Waals surface area contributed by atoms with E-state index in [4.69, 9.17) is 0 Å². The second-order valence-electron chi connectivity index (χ2n) is 3.75. The van der Waals surface area contributed by atoms with Gasteiger partial charge in [-0.05, 0) is 18.9 Å². The van der Waals surface area contributed by atoms with Crippen LogP contribution in [0.4, 0.5) is 5.69 Å². The quantitative estimate of drug-likeness (QED) is 0.673. The second-order valence-corrected chi connectivity index (χ2v) is 3.75. The summed E-state index contributed by atoms with van der Waals surface area (Å²) < 4.78 is 0. The molecular formula is C19H36N4. The maximum absolute atomic E-state index is 4.36. The van der Waals surface area contributed by atoms with Crippen LogP contribution in [0, 0.1) is 0 Å². The lowest BCUT2D eigenvalue weighted by molar-refractivity contribution is 0.949. The van der Waals surface area contributed by atoms with Gasteiger partial charge in [0.05, 0.1) is 5.69 Å². The van der Waals surface area contributed by atoms with Gasteiger partial charge in [-0.15, -0.1) is 0 Å². The van der Waals surface area contributed by atoms with Gasteiger partial charge in [-0.25, -0.2) is 15.0 Å². The fraction of sp³-hybridized carbons (Fsp3) is 0.632. The fourth-order valence-corrected chi connectivity index (χ4v) is 2.08. The van der Waals surface area contributed by atoms with Crippen molar-refractivity contribution in [3.8, 4) is 0 Å². The standard InChI is InChI=1S/C11H12N4.4C2H6/c1-2-8-15(7-1)9-3-4-13-11-10(9)12-5-6-14-11;4*1-2/h3-6H,1-2,7-8H2;4*1-2H3. The molecule has 0 unspecified atom stereocenters. The van der Waals surface area contributed by atoms with Crippen LogP contribution in [0.1, 0.15) is 68.2 Å². The summed E-state index contributed by atoms with van der Waals surface area (Å²) in [6, 6.07) is 2.03. The van der Waals surface area contributed by atoms with E-state index in [-0.39, 0.29) is 0 Å². The second kappa shape index (κ2) is 16.7. The van der Waals surface area contributed by atoms with Gasteiger partial charge >= 0.3 is 0 Å². The molecular weight excluding hydrogens is 284 g/mol. The first kappa shape index (κ1) is 23.6. The molecule has 132 valence electrons. The number of anilines is 1. The van der Waals surface area contributed by atoms with E-state index in [1.54, 1.807) is 12.4 Å². The predicted molar refractivity (Wildman–Crippen MR) is 104 cm³/mol. The molecule has 0 amide bonds. The molecule has 2 aromatic rings. The van der Waals surface area contributed by atoms with Gasteiger partial charge in [-0.3, -0.25) is 0 Å². The molecule has 0 aliphatic carbocycles. The SMILES string of the molecule is CC.CC.CC.CC.c1cnc2c(N3CCCC3)ccnc2n1. The summed E-state index contributed by atoms with van der Waals surface area (Å²) in [5.74, 6) is 0. The number of aromatic nitrogens is 3. The van der Waals surface area contributed by atoms with Gasteiger partial charge in [-0.2, -0.15) is 0 Å². The number of nitrogens with zero attached hydrogens (tertiary/aromatic N) is 4. The van der Waals surface area contributed by atoms with E-state index in [1.165, 1.54) is 18.5 Å². The van der Waals surface area contributed by atoms with Gasteiger partial charge in [0.1, 0.15) is 5.52 Å². The van der Waals surface area contributed by atoms with Crippen molar-refractivity contribution >= 4 is 16.9 Å². The topological polar surface area (TPSA) is 41.9 Å². The molecule has 3 heterocycles. The lowest BCUT2D eigenvalue weighted by Crippen LogP contribution is -2.18. The van der Waals surface area contributed by atoms with Crippen molar-refractivity contribution < 1.29 is 0 Å². The van der Waals surface area contributed by atoms with Crippen molar-refractivity contribution in [3.05, 3.63) is 24.7 Å². The maximum atomic E-state index is 4.36. The predicted octanol–water partition coefficient (Wildman–Crippen LogP) is 5.73. The molecule has 0 N–H and O–H groups in total. The first-order chi connectivity index (χ1) is 11.4. The first-order valence-electron chi connectivity index (χ1n) is 9.26. The average molecular weight is 321 g/mol. The third kappa shape index (κ3) is 7.40. The van der Waals surface area contributed by atoms with Crippen LogP contribution in [-0.4, -0.2) is 28.0 Å². The molecule has 0 bridgehead atoms. The Morgan fingerprint density at radius 3 is 1.74 bits per heavy atom. The Kier molecular flexibility index (Phi) is 17.1. The monoisotopic (exact) mass is 320 g/mol. The molecule has 3 rings (SSSR count). The molecule has 1 aliphatic rings. The smallest absolute Gasteiger partial charge is 0.180 e. The zero-order valence-electron chi connectivity index (χ0n) is 16.4. The minimum absolute atomic E-state index is 0.738. The molecule has 0 radical (unpaired) electrons. The lowest BCUT2D eigenvalue weighted by atomic mass is 10.3. The fourth-order valence-electron chi connectivity index (χ4n) is 2.08. The molecule has 0 spiro atoms. The molecule has 1 saturated heterocycles. The number of pyridine rings is 1. The Morgan fingerprint density at radius 1 is 0.696 bits per heavy atom. The molecule has 0 atom stereocenters. The largest absolute Gasteiger partial charge is 0.370 e. The number of hydrogen-bond donors (Lipinski definition) is 0. The van der Waals surface area contributed by atoms with E-state index in [9.17, 15) is 0 Å². The third-order valence-corrected chi connectivity index (χ3v) is 2.80. The van der Waals surface area contributed by atoms with E-state index in [0.29, 0.717) is 0 Å². The first-order valence-corrected chi connectivity index (χ1v) is 9.26. The molecule has 1 fully saturated rings. The highest BCUT2D eigenvalue weighted by molar-refractivity contribution is 5.85. The highest BCUT2D eigenvalue weighted by atomic mass is 15.2. The van der Waals surface area contributed by atoms with Gasteiger partial charge < -0.3 is 4.90 Å². The molecule has 2 aromatic heterocycles. The van der Waals surface area contributed by atoms with Crippen LogP contribution in [-0.2, 0) is 0 Å². The summed E-state index contributed by atoms with van der Waals surface area (Å²) in [6.07, 6.45) is 7.76. The normalized spacial score (nSPS) is 11.6. The van der Waals surface area contributed by atoms with Crippen LogP contribution in [0.15, 0.2) is 24.7 Å². The zero-order chi connectivity index (χ0) is 18.1. The van der Waals surface area contributed by atoms with E-state index in [2.05, 4.69) is 19.9 Å². The lowest BCUT2D eigenvalue weighted by Gasteiger charge is -2.17. The summed E-state index contributed by atoms with van der Waals surface area (Å²) in [4.78, 5) is 15.1. The van der Waals surface area contributed by atoms with Crippen molar-refractivity contribution in [2.75, 3.05) is 18.0 Å². The summed E-state index contributed by atoms with van der Waals surface area (Å²) in [7, 11) is 0. The summed E-state index contributed by atoms with van der Waals surface area (Å²) in [5.41, 5.74) is 2.83. The van der Waals surface area contributed by atoms with Crippen LogP contribution < -0.4 is 4.90 Å². The van der Waals surface area contributed by atoms with Crippen molar-refractivity contribution in [2.45, 2.75) is 68.2 Å². The highest BCUT2D eigenvalue weighted by Gasteiger charge is 2.15. The highest BCUT2D eigenvalue weighted by Crippen LogP contribution is 2.25. The van der Waals surface area contributed by atoms with Gasteiger partial charge in [0.2, 0.25) is 0 Å². The van der Waals surface area contributed by atoms with Crippen LogP contribution >= 0.6 is 0 Å². The molecule has 0 aromatic carbocycles. The van der Waals surface area contributed by atoms with Crippen molar-refractivity contribution in [3.63, 3.8) is 0 Å². The van der Waals surface area contributed by atoms with Gasteiger partial charge in [0.25, 0.3) is 0 Å². The van der Waals surface area contributed by atoms with E-state index in [0.717, 1.165) is 24.3 Å². The van der Waals surface area contributed by atoms with Crippen LogP contribution in [0.25, 0.3) is 11.2 Å². The van der Waals surface area contributed by atoms with Crippen LogP contribution in [0.3, 0.4) is 0 Å². The Morgan fingerprint density at radius 2 is 1.17 bits per heavy atom. The van der Waals surface area contributed by atoms with Gasteiger partial charge in [0, 0.05) is 31.7 Å². The van der Waals surface area contributed by atoms with Crippen molar-refractivity contribution in [1.29, 1.82) is 0 Å². The van der Waals surface area contributed by atoms with E-state index < -0.39 is 0 Å². The average Bonchev–Trinajstić information content (AvgIpc) is 3.22. The number of hydrogen-bond acceptors (Lipinski definition) is 4. The summed E-state index contributed by atoms with van der Waals surface area (Å²) >= 11 is 0. The summed E-state index contributed by atoms with van der Waals surface area (Å²) in [6.45, 7) is 18.2. The molecule has 0 saturated carbocycles. The molecule has 1 aliphatic heterocycles. The van der Waals surface area contributed by atoms with Gasteiger partial charge in [0.15, 0.2) is 5.65 Å². The van der Waals surface area contributed by atoms with Crippen molar-refractivity contribution in [2.24, 2.45) is 0 Å². The Labute approximate surface area is 143 Å². The molecule has 23 heavy (non-hydrogen) atoms. The Hall–Kier alpha value is -1.71. The Bertz CT molecular complexity index is 474. The van der Waals surface area contributed by atoms with Crippen LogP contribution in [0.5, 0.6) is 0 Å². The van der Waals surface area contributed by atoms with Crippen LogP contribution in [0.2, 0.25) is 0 Å². The maximum Gasteiger partial charge on any atom is 0.180 e. The molecule has 4 nitrogen and oxygen atoms in total. The third-order valence-electron chi connectivity index (χ3n) is 2.80. The summed E-state index contributed by atoms with van der Waals surface area (Å²) in [5, 5.41) is 0.